The van der Waals surface area contributed by atoms with Crippen LogP contribution in [-0.2, 0) is 6.54 Å². The molecule has 0 radical (unpaired) electrons. The molecule has 0 aromatic carbocycles. The summed E-state index contributed by atoms with van der Waals surface area (Å²) in [5.74, 6) is 2.83. The highest BCUT2D eigenvalue weighted by molar-refractivity contribution is 5.69. The maximum Gasteiger partial charge on any atom is 0.230 e. The fourth-order valence-corrected chi connectivity index (χ4v) is 3.26. The van der Waals surface area contributed by atoms with E-state index in [2.05, 4.69) is 32.7 Å². The molecule has 1 N–H and O–H groups in total. The van der Waals surface area contributed by atoms with Crippen molar-refractivity contribution >= 4 is 5.82 Å². The SMILES string of the molecule is C1=C\CCC(c2nc(-c3cnn4c3NCCC4)no2)CCC/1. The Morgan fingerprint density at radius 1 is 1.18 bits per heavy atom. The van der Waals surface area contributed by atoms with Crippen LogP contribution in [0, 0.1) is 0 Å². The van der Waals surface area contributed by atoms with Crippen molar-refractivity contribution in [3.05, 3.63) is 24.2 Å². The Labute approximate surface area is 129 Å². The molecular formula is C16H21N5O. The zero-order valence-electron chi connectivity index (χ0n) is 12.7. The fourth-order valence-electron chi connectivity index (χ4n) is 3.26. The zero-order valence-corrected chi connectivity index (χ0v) is 12.7. The van der Waals surface area contributed by atoms with E-state index in [1.807, 2.05) is 10.9 Å². The summed E-state index contributed by atoms with van der Waals surface area (Å²) in [6, 6.07) is 0. The minimum Gasteiger partial charge on any atom is -0.370 e. The van der Waals surface area contributed by atoms with E-state index >= 15 is 0 Å². The van der Waals surface area contributed by atoms with Gasteiger partial charge < -0.3 is 9.84 Å². The van der Waals surface area contributed by atoms with E-state index in [1.54, 1.807) is 0 Å². The van der Waals surface area contributed by atoms with Crippen molar-refractivity contribution in [2.24, 2.45) is 0 Å². The molecule has 3 heterocycles. The number of anilines is 1. The summed E-state index contributed by atoms with van der Waals surface area (Å²) >= 11 is 0. The maximum absolute atomic E-state index is 5.57. The van der Waals surface area contributed by atoms with Crippen LogP contribution in [0.2, 0.25) is 0 Å². The Bertz CT molecular complexity index is 672. The lowest BCUT2D eigenvalue weighted by molar-refractivity contribution is 0.336. The van der Waals surface area contributed by atoms with E-state index in [0.29, 0.717) is 11.7 Å². The van der Waals surface area contributed by atoms with Gasteiger partial charge in [0.25, 0.3) is 0 Å². The van der Waals surface area contributed by atoms with Crippen molar-refractivity contribution in [1.29, 1.82) is 0 Å². The van der Waals surface area contributed by atoms with Crippen molar-refractivity contribution in [1.82, 2.24) is 19.9 Å². The highest BCUT2D eigenvalue weighted by atomic mass is 16.5. The van der Waals surface area contributed by atoms with Gasteiger partial charge in [-0.3, -0.25) is 0 Å². The Morgan fingerprint density at radius 2 is 2.14 bits per heavy atom. The van der Waals surface area contributed by atoms with Crippen LogP contribution in [0.4, 0.5) is 5.82 Å². The summed E-state index contributed by atoms with van der Waals surface area (Å²) in [6.07, 6.45) is 13.1. The van der Waals surface area contributed by atoms with Gasteiger partial charge in [0.05, 0.1) is 11.8 Å². The third-order valence-electron chi connectivity index (χ3n) is 4.48. The molecule has 1 aliphatic carbocycles. The van der Waals surface area contributed by atoms with Gasteiger partial charge in [-0.2, -0.15) is 10.1 Å². The first-order valence-corrected chi connectivity index (χ1v) is 8.20. The summed E-state index contributed by atoms with van der Waals surface area (Å²) in [4.78, 5) is 4.66. The molecule has 1 unspecified atom stereocenters. The molecule has 0 spiro atoms. The molecule has 0 saturated carbocycles. The van der Waals surface area contributed by atoms with E-state index in [1.165, 1.54) is 6.42 Å². The van der Waals surface area contributed by atoms with Crippen LogP contribution in [-0.4, -0.2) is 26.5 Å². The highest BCUT2D eigenvalue weighted by Gasteiger charge is 2.23. The van der Waals surface area contributed by atoms with Crippen LogP contribution in [0.5, 0.6) is 0 Å². The predicted molar refractivity (Wildman–Crippen MR) is 83.6 cm³/mol. The van der Waals surface area contributed by atoms with Crippen molar-refractivity contribution in [3.63, 3.8) is 0 Å². The number of aryl methyl sites for hydroxylation is 1. The quantitative estimate of drug-likeness (QED) is 0.861. The second kappa shape index (κ2) is 5.94. The van der Waals surface area contributed by atoms with Gasteiger partial charge in [-0.05, 0) is 38.5 Å². The Kier molecular flexibility index (Phi) is 3.66. The van der Waals surface area contributed by atoms with Gasteiger partial charge in [0.1, 0.15) is 5.82 Å². The number of nitrogens with zero attached hydrogens (tertiary/aromatic N) is 4. The minimum absolute atomic E-state index is 0.380. The lowest BCUT2D eigenvalue weighted by Gasteiger charge is -2.16. The van der Waals surface area contributed by atoms with Crippen molar-refractivity contribution < 1.29 is 4.52 Å². The maximum atomic E-state index is 5.57. The number of aromatic nitrogens is 4. The number of hydrogen-bond donors (Lipinski definition) is 1. The standard InChI is InChI=1S/C16H21N5O/c1-2-4-7-12(8-5-3-1)16-19-14(20-22-16)13-11-18-21-10-6-9-17-15(13)21/h1-2,11-12,17H,3-10H2/b2-1-. The molecule has 1 aliphatic heterocycles. The average Bonchev–Trinajstić information content (AvgIpc) is 3.13. The van der Waals surface area contributed by atoms with Gasteiger partial charge in [0, 0.05) is 19.0 Å². The molecule has 1 atom stereocenters. The number of fused-ring (bicyclic) bond motifs is 1. The van der Waals surface area contributed by atoms with E-state index in [4.69, 9.17) is 4.52 Å². The Hall–Kier alpha value is -2.11. The number of nitrogens with one attached hydrogen (secondary N) is 1. The van der Waals surface area contributed by atoms with E-state index < -0.39 is 0 Å². The number of hydrogen-bond acceptors (Lipinski definition) is 5. The summed E-state index contributed by atoms with van der Waals surface area (Å²) in [5.41, 5.74) is 0.945. The first kappa shape index (κ1) is 13.5. The van der Waals surface area contributed by atoms with Gasteiger partial charge in [-0.25, -0.2) is 4.68 Å². The summed E-state index contributed by atoms with van der Waals surface area (Å²) in [7, 11) is 0. The number of allylic oxidation sites excluding steroid dienone is 2. The third kappa shape index (κ3) is 2.53. The first-order chi connectivity index (χ1) is 10.9. The van der Waals surface area contributed by atoms with Crippen LogP contribution < -0.4 is 5.32 Å². The molecule has 2 aromatic heterocycles. The molecule has 4 rings (SSSR count). The van der Waals surface area contributed by atoms with Gasteiger partial charge in [0.2, 0.25) is 11.7 Å². The highest BCUT2D eigenvalue weighted by Crippen LogP contribution is 2.32. The second-order valence-corrected chi connectivity index (χ2v) is 6.04. The van der Waals surface area contributed by atoms with Crippen LogP contribution >= 0.6 is 0 Å². The molecule has 116 valence electrons. The second-order valence-electron chi connectivity index (χ2n) is 6.04. The fraction of sp³-hybridized carbons (Fsp3) is 0.562. The molecular weight excluding hydrogens is 278 g/mol. The molecule has 0 bridgehead atoms. The Balaban J connectivity index is 1.58. The molecule has 2 aromatic rings. The number of rotatable bonds is 2. The van der Waals surface area contributed by atoms with E-state index in [-0.39, 0.29) is 0 Å². The largest absolute Gasteiger partial charge is 0.370 e. The van der Waals surface area contributed by atoms with E-state index in [0.717, 1.165) is 62.5 Å². The molecule has 0 saturated heterocycles. The van der Waals surface area contributed by atoms with Crippen LogP contribution in [0.15, 0.2) is 22.9 Å². The van der Waals surface area contributed by atoms with E-state index in [9.17, 15) is 0 Å². The lowest BCUT2D eigenvalue weighted by atomic mass is 9.94. The van der Waals surface area contributed by atoms with Gasteiger partial charge in [-0.15, -0.1) is 0 Å². The first-order valence-electron chi connectivity index (χ1n) is 8.20. The Morgan fingerprint density at radius 3 is 3.14 bits per heavy atom. The molecule has 0 amide bonds. The van der Waals surface area contributed by atoms with Gasteiger partial charge >= 0.3 is 0 Å². The molecule has 22 heavy (non-hydrogen) atoms. The summed E-state index contributed by atoms with van der Waals surface area (Å²) < 4.78 is 7.55. The predicted octanol–water partition coefficient (Wildman–Crippen LogP) is 3.35. The van der Waals surface area contributed by atoms with Crippen molar-refractivity contribution in [2.75, 3.05) is 11.9 Å². The topological polar surface area (TPSA) is 68.8 Å². The lowest BCUT2D eigenvalue weighted by Crippen LogP contribution is -2.17. The van der Waals surface area contributed by atoms with Gasteiger partial charge in [0.15, 0.2) is 0 Å². The van der Waals surface area contributed by atoms with Crippen LogP contribution in [0.25, 0.3) is 11.4 Å². The van der Waals surface area contributed by atoms with Crippen LogP contribution in [0.1, 0.15) is 50.3 Å². The molecule has 6 nitrogen and oxygen atoms in total. The van der Waals surface area contributed by atoms with Crippen LogP contribution in [0.3, 0.4) is 0 Å². The summed E-state index contributed by atoms with van der Waals surface area (Å²) in [5, 5.41) is 12.0. The normalized spacial score (nSPS) is 23.2. The molecule has 2 aliphatic rings. The third-order valence-corrected chi connectivity index (χ3v) is 4.48. The minimum atomic E-state index is 0.380. The smallest absolute Gasteiger partial charge is 0.230 e. The molecule has 6 heteroatoms. The van der Waals surface area contributed by atoms with Crippen molar-refractivity contribution in [3.8, 4) is 11.4 Å². The summed E-state index contributed by atoms with van der Waals surface area (Å²) in [6.45, 7) is 1.92. The zero-order chi connectivity index (χ0) is 14.8. The monoisotopic (exact) mass is 299 g/mol. The van der Waals surface area contributed by atoms with Gasteiger partial charge in [-0.1, -0.05) is 17.3 Å². The average molecular weight is 299 g/mol. The molecule has 0 fully saturated rings. The van der Waals surface area contributed by atoms with Crippen molar-refractivity contribution in [2.45, 2.75) is 51.0 Å².